The lowest BCUT2D eigenvalue weighted by atomic mass is 9.95. The van der Waals surface area contributed by atoms with E-state index in [1.165, 1.54) is 24.0 Å². The minimum Gasteiger partial charge on any atom is -0.495 e. The van der Waals surface area contributed by atoms with Crippen LogP contribution in [-0.4, -0.2) is 59.2 Å². The smallest absolute Gasteiger partial charge is 0.141 e. The lowest BCUT2D eigenvalue weighted by molar-refractivity contribution is 0.199. The summed E-state index contributed by atoms with van der Waals surface area (Å²) in [7, 11) is 3.99. The maximum atomic E-state index is 5.56. The molecule has 2 aromatic heterocycles. The van der Waals surface area contributed by atoms with Crippen molar-refractivity contribution in [3.05, 3.63) is 48.0 Å². The number of H-pyrrole nitrogens is 1. The number of pyridine rings is 1. The summed E-state index contributed by atoms with van der Waals surface area (Å²) in [6.45, 7) is 3.30. The number of anilines is 1. The normalized spacial score (nSPS) is 25.4. The first-order chi connectivity index (χ1) is 15.7. The zero-order valence-electron chi connectivity index (χ0n) is 19.0. The highest BCUT2D eigenvalue weighted by Gasteiger charge is 2.49. The molecule has 1 saturated carbocycles. The summed E-state index contributed by atoms with van der Waals surface area (Å²) in [5.41, 5.74) is 4.90. The van der Waals surface area contributed by atoms with Crippen molar-refractivity contribution >= 4 is 16.7 Å². The average molecular weight is 433 g/mol. The Bertz CT molecular complexity index is 1120. The molecule has 3 fully saturated rings. The van der Waals surface area contributed by atoms with Crippen molar-refractivity contribution in [2.24, 2.45) is 0 Å². The van der Waals surface area contributed by atoms with E-state index in [2.05, 4.69) is 50.3 Å². The predicted molar refractivity (Wildman–Crippen MR) is 126 cm³/mol. The third kappa shape index (κ3) is 3.35. The SMILES string of the molecule is COc1cccnc1[C@@H]1CCC[C@H](c2nc3cccc(N4CCN(C)C5(CC5)C4)c3[nH]2)N1. The Hall–Kier alpha value is -2.64. The molecule has 2 saturated heterocycles. The van der Waals surface area contributed by atoms with Crippen molar-refractivity contribution in [3.8, 4) is 5.75 Å². The molecule has 32 heavy (non-hydrogen) atoms. The number of hydrogen-bond acceptors (Lipinski definition) is 6. The standard InChI is InChI=1S/C25H32N6O/c1-30-14-15-31(16-25(30)11-12-25)20-9-4-7-17-22(20)29-24(28-17)19-8-3-6-18(27-19)23-21(32-2)10-5-13-26-23/h4-5,7,9-10,13,18-19,27H,3,6,8,11-12,14-16H2,1-2H3,(H,28,29)/t18-,19+/m0/s1. The number of nitrogens with one attached hydrogen (secondary N) is 2. The maximum Gasteiger partial charge on any atom is 0.141 e. The van der Waals surface area contributed by atoms with Gasteiger partial charge in [0.25, 0.3) is 0 Å². The van der Waals surface area contributed by atoms with Crippen molar-refractivity contribution < 1.29 is 4.74 Å². The first kappa shape index (κ1) is 20.0. The highest BCUT2D eigenvalue weighted by Crippen LogP contribution is 2.45. The van der Waals surface area contributed by atoms with Crippen LogP contribution in [0.4, 0.5) is 5.69 Å². The average Bonchev–Trinajstić information content (AvgIpc) is 3.47. The summed E-state index contributed by atoms with van der Waals surface area (Å²) < 4.78 is 5.56. The van der Waals surface area contributed by atoms with Crippen LogP contribution in [0.2, 0.25) is 0 Å². The Morgan fingerprint density at radius 2 is 1.97 bits per heavy atom. The molecule has 1 aliphatic carbocycles. The van der Waals surface area contributed by atoms with E-state index in [4.69, 9.17) is 9.72 Å². The number of benzene rings is 1. The number of piperidine rings is 1. The number of piperazine rings is 1. The van der Waals surface area contributed by atoms with Gasteiger partial charge >= 0.3 is 0 Å². The minimum absolute atomic E-state index is 0.171. The van der Waals surface area contributed by atoms with Gasteiger partial charge in [0.05, 0.1) is 41.6 Å². The van der Waals surface area contributed by atoms with Crippen molar-refractivity contribution in [3.63, 3.8) is 0 Å². The van der Waals surface area contributed by atoms with Gasteiger partial charge in [0, 0.05) is 31.4 Å². The second kappa shape index (κ2) is 7.74. The van der Waals surface area contributed by atoms with Crippen molar-refractivity contribution in [1.29, 1.82) is 0 Å². The number of fused-ring (bicyclic) bond motifs is 1. The minimum atomic E-state index is 0.171. The van der Waals surface area contributed by atoms with Crippen molar-refractivity contribution in [1.82, 2.24) is 25.2 Å². The van der Waals surface area contributed by atoms with Crippen LogP contribution in [0.15, 0.2) is 36.5 Å². The number of imidazole rings is 1. The highest BCUT2D eigenvalue weighted by molar-refractivity contribution is 5.89. The molecule has 6 rings (SSSR count). The number of nitrogens with zero attached hydrogens (tertiary/aromatic N) is 4. The maximum absolute atomic E-state index is 5.56. The monoisotopic (exact) mass is 432 g/mol. The van der Waals surface area contributed by atoms with Crippen LogP contribution in [0, 0.1) is 0 Å². The second-order valence-corrected chi connectivity index (χ2v) is 9.65. The number of aromatic nitrogens is 3. The fraction of sp³-hybridized carbons (Fsp3) is 0.520. The van der Waals surface area contributed by atoms with Crippen molar-refractivity contribution in [2.45, 2.75) is 49.7 Å². The Kier molecular flexibility index (Phi) is 4.84. The molecule has 3 aliphatic rings. The predicted octanol–water partition coefficient (Wildman–Crippen LogP) is 3.81. The van der Waals surface area contributed by atoms with Gasteiger partial charge in [-0.2, -0.15) is 0 Å². The third-order valence-electron chi connectivity index (χ3n) is 7.75. The van der Waals surface area contributed by atoms with Crippen LogP contribution in [0.3, 0.4) is 0 Å². The molecule has 1 spiro atoms. The van der Waals surface area contributed by atoms with Crippen LogP contribution in [0.1, 0.15) is 55.7 Å². The summed E-state index contributed by atoms with van der Waals surface area (Å²) in [6, 6.07) is 10.8. The molecule has 7 heteroatoms. The van der Waals surface area contributed by atoms with Gasteiger partial charge in [-0.3, -0.25) is 15.2 Å². The molecule has 2 N–H and O–H groups in total. The molecule has 1 aromatic carbocycles. The molecule has 2 aliphatic heterocycles. The largest absolute Gasteiger partial charge is 0.495 e. The van der Waals surface area contributed by atoms with Crippen molar-refractivity contribution in [2.75, 3.05) is 38.7 Å². The Morgan fingerprint density at radius 3 is 2.81 bits per heavy atom. The fourth-order valence-electron chi connectivity index (χ4n) is 5.62. The quantitative estimate of drug-likeness (QED) is 0.654. The van der Waals surface area contributed by atoms with Gasteiger partial charge in [-0.05, 0) is 63.4 Å². The molecule has 0 unspecified atom stereocenters. The molecule has 3 aromatic rings. The van der Waals surface area contributed by atoms with Gasteiger partial charge < -0.3 is 14.6 Å². The molecular formula is C25H32N6O. The Balaban J connectivity index is 1.28. The molecule has 2 atom stereocenters. The molecule has 7 nitrogen and oxygen atoms in total. The fourth-order valence-corrected chi connectivity index (χ4v) is 5.62. The summed E-state index contributed by atoms with van der Waals surface area (Å²) in [4.78, 5) is 18.5. The third-order valence-corrected chi connectivity index (χ3v) is 7.75. The second-order valence-electron chi connectivity index (χ2n) is 9.65. The highest BCUT2D eigenvalue weighted by atomic mass is 16.5. The summed E-state index contributed by atoms with van der Waals surface area (Å²) >= 11 is 0. The number of aromatic amines is 1. The van der Waals surface area contributed by atoms with E-state index in [1.54, 1.807) is 7.11 Å². The van der Waals surface area contributed by atoms with Crippen LogP contribution < -0.4 is 15.0 Å². The lowest BCUT2D eigenvalue weighted by Crippen LogP contribution is -2.53. The van der Waals surface area contributed by atoms with Crippen LogP contribution in [0.25, 0.3) is 11.0 Å². The van der Waals surface area contributed by atoms with Crippen LogP contribution in [0.5, 0.6) is 5.75 Å². The topological polar surface area (TPSA) is 69.3 Å². The molecule has 0 amide bonds. The zero-order chi connectivity index (χ0) is 21.7. The molecule has 0 radical (unpaired) electrons. The van der Waals surface area contributed by atoms with Crippen LogP contribution >= 0.6 is 0 Å². The van der Waals surface area contributed by atoms with Crippen LogP contribution in [-0.2, 0) is 0 Å². The van der Waals surface area contributed by atoms with E-state index in [9.17, 15) is 0 Å². The van der Waals surface area contributed by atoms with E-state index in [1.807, 2.05) is 18.3 Å². The molecule has 0 bridgehead atoms. The van der Waals surface area contributed by atoms with E-state index >= 15 is 0 Å². The number of rotatable bonds is 4. The summed E-state index contributed by atoms with van der Waals surface area (Å²) in [5, 5.41) is 3.79. The van der Waals surface area contributed by atoms with Gasteiger partial charge in [0.15, 0.2) is 0 Å². The number of likely N-dealkylation sites (N-methyl/N-ethyl adjacent to an activating group) is 1. The molecular weight excluding hydrogens is 400 g/mol. The Morgan fingerprint density at radius 1 is 1.09 bits per heavy atom. The van der Waals surface area contributed by atoms with E-state index in [0.29, 0.717) is 5.54 Å². The van der Waals surface area contributed by atoms with Gasteiger partial charge in [-0.1, -0.05) is 6.07 Å². The summed E-state index contributed by atoms with van der Waals surface area (Å²) in [5.74, 6) is 1.88. The van der Waals surface area contributed by atoms with E-state index in [-0.39, 0.29) is 12.1 Å². The first-order valence-corrected chi connectivity index (χ1v) is 11.9. The lowest BCUT2D eigenvalue weighted by Gasteiger charge is -2.41. The van der Waals surface area contributed by atoms with Gasteiger partial charge in [0.1, 0.15) is 11.6 Å². The first-order valence-electron chi connectivity index (χ1n) is 11.9. The number of hydrogen-bond donors (Lipinski definition) is 2. The van der Waals surface area contributed by atoms with E-state index in [0.717, 1.165) is 61.7 Å². The zero-order valence-corrected chi connectivity index (χ0v) is 19.0. The van der Waals surface area contributed by atoms with Gasteiger partial charge in [-0.15, -0.1) is 0 Å². The number of ether oxygens (including phenoxy) is 1. The summed E-state index contributed by atoms with van der Waals surface area (Å²) in [6.07, 6.45) is 7.73. The molecule has 168 valence electrons. The number of para-hydroxylation sites is 1. The number of methoxy groups -OCH3 is 1. The van der Waals surface area contributed by atoms with Gasteiger partial charge in [0.2, 0.25) is 0 Å². The van der Waals surface area contributed by atoms with E-state index < -0.39 is 0 Å². The Labute approximate surface area is 189 Å². The molecule has 4 heterocycles. The van der Waals surface area contributed by atoms with Gasteiger partial charge in [-0.25, -0.2) is 4.98 Å².